The second-order valence-corrected chi connectivity index (χ2v) is 8.23. The number of rotatable bonds is 8. The third kappa shape index (κ3) is 7.06. The molecule has 0 aliphatic heterocycles. The van der Waals surface area contributed by atoms with Gasteiger partial charge in [-0.15, -0.1) is 0 Å². The Morgan fingerprint density at radius 1 is 1.09 bits per heavy atom. The second kappa shape index (κ2) is 11.5. The Labute approximate surface area is 204 Å². The number of anilines is 1. The lowest BCUT2D eigenvalue weighted by molar-refractivity contribution is -0.118. The number of hydrazone groups is 1. The molecule has 33 heavy (non-hydrogen) atoms. The number of amides is 2. The van der Waals surface area contributed by atoms with Crippen LogP contribution in [0.2, 0.25) is 5.02 Å². The summed E-state index contributed by atoms with van der Waals surface area (Å²) < 4.78 is 11.6. The van der Waals surface area contributed by atoms with Crippen LogP contribution in [0.3, 0.4) is 0 Å². The van der Waals surface area contributed by atoms with Crippen molar-refractivity contribution in [2.45, 2.75) is 6.92 Å². The van der Waals surface area contributed by atoms with E-state index in [0.717, 1.165) is 5.56 Å². The van der Waals surface area contributed by atoms with Crippen LogP contribution in [0.5, 0.6) is 11.5 Å². The highest BCUT2D eigenvalue weighted by molar-refractivity contribution is 9.10. The summed E-state index contributed by atoms with van der Waals surface area (Å²) in [7, 11) is 1.49. The number of hydrogen-bond donors (Lipinski definition) is 2. The van der Waals surface area contributed by atoms with Crippen LogP contribution in [0, 0.1) is 6.92 Å². The highest BCUT2D eigenvalue weighted by Crippen LogP contribution is 2.36. The van der Waals surface area contributed by atoms with Gasteiger partial charge in [-0.3, -0.25) is 9.59 Å². The lowest BCUT2D eigenvalue weighted by atomic mass is 10.2. The van der Waals surface area contributed by atoms with Gasteiger partial charge in [0.15, 0.2) is 18.1 Å². The Hall–Kier alpha value is -3.36. The van der Waals surface area contributed by atoms with Gasteiger partial charge >= 0.3 is 0 Å². The molecule has 0 unspecified atom stereocenters. The normalized spacial score (nSPS) is 10.7. The first kappa shape index (κ1) is 24.3. The van der Waals surface area contributed by atoms with E-state index in [1.165, 1.54) is 13.3 Å². The molecule has 0 saturated heterocycles. The fourth-order valence-corrected chi connectivity index (χ4v) is 3.46. The zero-order chi connectivity index (χ0) is 23.8. The number of nitrogens with one attached hydrogen (secondary N) is 2. The van der Waals surface area contributed by atoms with Crippen LogP contribution in [-0.4, -0.2) is 31.7 Å². The summed E-state index contributed by atoms with van der Waals surface area (Å²) >= 11 is 9.26. The first-order valence-electron chi connectivity index (χ1n) is 9.81. The van der Waals surface area contributed by atoms with Gasteiger partial charge in [-0.25, -0.2) is 5.43 Å². The van der Waals surface area contributed by atoms with Gasteiger partial charge in [0, 0.05) is 16.3 Å². The SMILES string of the molecule is COc1cc(/C=N\NC(=O)c2ccc(Cl)cc2)cc(Br)c1OCC(=O)Nc1ccc(C)cc1. The van der Waals surface area contributed by atoms with Gasteiger partial charge in [0.25, 0.3) is 11.8 Å². The van der Waals surface area contributed by atoms with Crippen molar-refractivity contribution < 1.29 is 19.1 Å². The fourth-order valence-electron chi connectivity index (χ4n) is 2.76. The van der Waals surface area contributed by atoms with Crippen LogP contribution in [0.15, 0.2) is 70.2 Å². The monoisotopic (exact) mass is 529 g/mol. The van der Waals surface area contributed by atoms with Crippen LogP contribution < -0.4 is 20.2 Å². The van der Waals surface area contributed by atoms with E-state index >= 15 is 0 Å². The van der Waals surface area contributed by atoms with Crippen LogP contribution in [0.4, 0.5) is 5.69 Å². The summed E-state index contributed by atoms with van der Waals surface area (Å²) in [6.45, 7) is 1.77. The van der Waals surface area contributed by atoms with Crippen molar-refractivity contribution in [2.75, 3.05) is 19.0 Å². The molecule has 0 heterocycles. The lowest BCUT2D eigenvalue weighted by Gasteiger charge is -2.13. The van der Waals surface area contributed by atoms with E-state index in [9.17, 15) is 9.59 Å². The number of carbonyl (C=O) groups is 2. The number of methoxy groups -OCH3 is 1. The molecule has 0 aromatic heterocycles. The Bertz CT molecular complexity index is 1170. The van der Waals surface area contributed by atoms with E-state index < -0.39 is 0 Å². The quantitative estimate of drug-likeness (QED) is 0.309. The van der Waals surface area contributed by atoms with Gasteiger partial charge in [0.1, 0.15) is 0 Å². The molecule has 7 nitrogen and oxygen atoms in total. The third-order valence-corrected chi connectivity index (χ3v) is 5.26. The zero-order valence-electron chi connectivity index (χ0n) is 17.9. The largest absolute Gasteiger partial charge is 0.493 e. The van der Waals surface area contributed by atoms with Crippen molar-refractivity contribution in [3.05, 3.63) is 86.8 Å². The van der Waals surface area contributed by atoms with Crippen molar-refractivity contribution in [1.82, 2.24) is 5.43 Å². The topological polar surface area (TPSA) is 89.0 Å². The van der Waals surface area contributed by atoms with Crippen LogP contribution >= 0.6 is 27.5 Å². The molecule has 2 N–H and O–H groups in total. The van der Waals surface area contributed by atoms with E-state index in [2.05, 4.69) is 31.8 Å². The summed E-state index contributed by atoms with van der Waals surface area (Å²) in [5, 5.41) is 7.29. The fraction of sp³-hybridized carbons (Fsp3) is 0.125. The van der Waals surface area contributed by atoms with E-state index in [1.54, 1.807) is 36.4 Å². The van der Waals surface area contributed by atoms with E-state index in [-0.39, 0.29) is 18.4 Å². The number of benzene rings is 3. The number of hydrogen-bond acceptors (Lipinski definition) is 5. The molecule has 0 atom stereocenters. The molecule has 170 valence electrons. The lowest BCUT2D eigenvalue weighted by Crippen LogP contribution is -2.20. The highest BCUT2D eigenvalue weighted by atomic mass is 79.9. The maximum absolute atomic E-state index is 12.2. The molecule has 3 rings (SSSR count). The predicted octanol–water partition coefficient (Wildman–Crippen LogP) is 5.20. The molecular formula is C24H21BrClN3O4. The van der Waals surface area contributed by atoms with Gasteiger partial charge in [-0.1, -0.05) is 29.3 Å². The number of ether oxygens (including phenoxy) is 2. The first-order valence-corrected chi connectivity index (χ1v) is 11.0. The van der Waals surface area contributed by atoms with Crippen molar-refractivity contribution in [1.29, 1.82) is 0 Å². The zero-order valence-corrected chi connectivity index (χ0v) is 20.2. The number of carbonyl (C=O) groups excluding carboxylic acids is 2. The Morgan fingerprint density at radius 3 is 2.45 bits per heavy atom. The average Bonchev–Trinajstić information content (AvgIpc) is 2.80. The molecule has 0 aliphatic carbocycles. The van der Waals surface area contributed by atoms with Crippen LogP contribution in [0.1, 0.15) is 21.5 Å². The van der Waals surface area contributed by atoms with Crippen LogP contribution in [-0.2, 0) is 4.79 Å². The molecule has 0 fully saturated rings. The summed E-state index contributed by atoms with van der Waals surface area (Å²) in [5.74, 6) is 0.105. The predicted molar refractivity (Wildman–Crippen MR) is 133 cm³/mol. The molecule has 2 amide bonds. The first-order chi connectivity index (χ1) is 15.9. The molecule has 0 radical (unpaired) electrons. The minimum Gasteiger partial charge on any atom is -0.493 e. The number of aryl methyl sites for hydroxylation is 1. The Balaban J connectivity index is 1.62. The highest BCUT2D eigenvalue weighted by Gasteiger charge is 2.13. The molecule has 9 heteroatoms. The van der Waals surface area contributed by atoms with Gasteiger partial charge < -0.3 is 14.8 Å². The summed E-state index contributed by atoms with van der Waals surface area (Å²) in [5.41, 5.74) is 5.32. The van der Waals surface area contributed by atoms with Crippen molar-refractivity contribution in [2.24, 2.45) is 5.10 Å². The smallest absolute Gasteiger partial charge is 0.271 e. The van der Waals surface area contributed by atoms with Crippen molar-refractivity contribution in [3.8, 4) is 11.5 Å². The Morgan fingerprint density at radius 2 is 1.79 bits per heavy atom. The molecule has 0 bridgehead atoms. The molecule has 0 spiro atoms. The van der Waals surface area contributed by atoms with E-state index in [4.69, 9.17) is 21.1 Å². The van der Waals surface area contributed by atoms with Gasteiger partial charge in [0.05, 0.1) is 17.8 Å². The van der Waals surface area contributed by atoms with Crippen molar-refractivity contribution >= 4 is 51.2 Å². The number of nitrogens with zero attached hydrogens (tertiary/aromatic N) is 1. The molecular weight excluding hydrogens is 510 g/mol. The van der Waals surface area contributed by atoms with Gasteiger partial charge in [0.2, 0.25) is 0 Å². The third-order valence-electron chi connectivity index (χ3n) is 4.42. The van der Waals surface area contributed by atoms with Gasteiger partial charge in [-0.05, 0) is 76.9 Å². The average molecular weight is 531 g/mol. The van der Waals surface area contributed by atoms with E-state index in [1.807, 2.05) is 31.2 Å². The number of halogens is 2. The second-order valence-electron chi connectivity index (χ2n) is 6.94. The van der Waals surface area contributed by atoms with Crippen LogP contribution in [0.25, 0.3) is 0 Å². The molecule has 0 saturated carbocycles. The summed E-state index contributed by atoms with van der Waals surface area (Å²) in [6, 6.07) is 17.3. The minimum atomic E-state index is -0.367. The summed E-state index contributed by atoms with van der Waals surface area (Å²) in [6.07, 6.45) is 1.47. The Kier molecular flexibility index (Phi) is 8.46. The molecule has 3 aromatic carbocycles. The minimum absolute atomic E-state index is 0.201. The molecule has 0 aliphatic rings. The summed E-state index contributed by atoms with van der Waals surface area (Å²) in [4.78, 5) is 24.4. The van der Waals surface area contributed by atoms with E-state index in [0.29, 0.717) is 37.8 Å². The maximum Gasteiger partial charge on any atom is 0.271 e. The van der Waals surface area contributed by atoms with Crippen molar-refractivity contribution in [3.63, 3.8) is 0 Å². The van der Waals surface area contributed by atoms with Gasteiger partial charge in [-0.2, -0.15) is 5.10 Å². The molecule has 3 aromatic rings. The standard InChI is InChI=1S/C24H21BrClN3O4/c1-15-3-9-19(10-4-15)28-22(30)14-33-23-20(25)11-16(12-21(23)32-2)13-27-29-24(31)17-5-7-18(26)8-6-17/h3-13H,14H2,1-2H3,(H,28,30)(H,29,31)/b27-13-. The maximum atomic E-state index is 12.2.